The maximum atomic E-state index is 13.4. The van der Waals surface area contributed by atoms with Crippen LogP contribution in [0.1, 0.15) is 32.5 Å². The summed E-state index contributed by atoms with van der Waals surface area (Å²) < 4.78 is 5.59. The van der Waals surface area contributed by atoms with Crippen molar-refractivity contribution in [2.24, 2.45) is 0 Å². The molecule has 0 radical (unpaired) electrons. The van der Waals surface area contributed by atoms with E-state index < -0.39 is 12.1 Å². The van der Waals surface area contributed by atoms with Crippen LogP contribution in [0.15, 0.2) is 72.9 Å². The minimum Gasteiger partial charge on any atom is -0.444 e. The van der Waals surface area contributed by atoms with Crippen LogP contribution < -0.4 is 0 Å². The lowest BCUT2D eigenvalue weighted by Gasteiger charge is -2.17. The number of aromatic nitrogens is 2. The standard InChI is InChI=1S/C22H14Cl2N2O3/c23-16-10-11-18(24)26-19(16)22(28)29-21(13-6-2-1-3-7-13)20(27)15-12-25-17-9-5-4-8-14(15)17/h1-12,21,25H. The van der Waals surface area contributed by atoms with Crippen molar-refractivity contribution in [3.05, 3.63) is 99.9 Å². The topological polar surface area (TPSA) is 72.1 Å². The molecule has 2 aromatic heterocycles. The monoisotopic (exact) mass is 424 g/mol. The fraction of sp³-hybridized carbons (Fsp3) is 0.0455. The first-order chi connectivity index (χ1) is 14.0. The summed E-state index contributed by atoms with van der Waals surface area (Å²) in [5.74, 6) is -1.19. The fourth-order valence-electron chi connectivity index (χ4n) is 3.04. The highest BCUT2D eigenvalue weighted by Gasteiger charge is 2.29. The quantitative estimate of drug-likeness (QED) is 0.255. The van der Waals surface area contributed by atoms with Crippen LogP contribution in [0.25, 0.3) is 10.9 Å². The van der Waals surface area contributed by atoms with Crippen molar-refractivity contribution in [2.75, 3.05) is 0 Å². The molecule has 0 bridgehead atoms. The van der Waals surface area contributed by atoms with Crippen molar-refractivity contribution < 1.29 is 14.3 Å². The molecule has 2 aromatic carbocycles. The highest BCUT2D eigenvalue weighted by Crippen LogP contribution is 2.29. The number of ether oxygens (including phenoxy) is 1. The number of aromatic amines is 1. The minimum atomic E-state index is -1.17. The van der Waals surface area contributed by atoms with E-state index >= 15 is 0 Å². The number of hydrogen-bond donors (Lipinski definition) is 1. The van der Waals surface area contributed by atoms with Gasteiger partial charge in [0, 0.05) is 28.2 Å². The van der Waals surface area contributed by atoms with E-state index in [4.69, 9.17) is 27.9 Å². The summed E-state index contributed by atoms with van der Waals surface area (Å²) in [4.78, 5) is 33.1. The van der Waals surface area contributed by atoms with E-state index in [1.165, 1.54) is 12.1 Å². The van der Waals surface area contributed by atoms with E-state index in [1.807, 2.05) is 30.3 Å². The molecule has 0 aliphatic heterocycles. The largest absolute Gasteiger partial charge is 0.444 e. The Morgan fingerprint density at radius 3 is 2.45 bits per heavy atom. The molecule has 4 rings (SSSR count). The van der Waals surface area contributed by atoms with E-state index in [9.17, 15) is 9.59 Å². The summed E-state index contributed by atoms with van der Waals surface area (Å²) in [6, 6.07) is 19.1. The molecular weight excluding hydrogens is 411 g/mol. The molecule has 0 spiro atoms. The van der Waals surface area contributed by atoms with Crippen LogP contribution in [0.2, 0.25) is 10.2 Å². The first-order valence-corrected chi connectivity index (χ1v) is 9.48. The van der Waals surface area contributed by atoms with Crippen LogP contribution in [0.5, 0.6) is 0 Å². The average molecular weight is 425 g/mol. The van der Waals surface area contributed by atoms with E-state index in [2.05, 4.69) is 9.97 Å². The smallest absolute Gasteiger partial charge is 0.359 e. The number of benzene rings is 2. The second-order valence-electron chi connectivity index (χ2n) is 6.27. The molecule has 0 aliphatic rings. The maximum absolute atomic E-state index is 13.4. The Kier molecular flexibility index (Phi) is 5.34. The molecule has 0 fully saturated rings. The van der Waals surface area contributed by atoms with Crippen LogP contribution >= 0.6 is 23.2 Å². The van der Waals surface area contributed by atoms with Crippen LogP contribution in [0, 0.1) is 0 Å². The molecule has 0 saturated heterocycles. The Morgan fingerprint density at radius 1 is 0.931 bits per heavy atom. The Labute approximate surface area is 176 Å². The average Bonchev–Trinajstić information content (AvgIpc) is 3.18. The van der Waals surface area contributed by atoms with Gasteiger partial charge in [0.25, 0.3) is 0 Å². The molecule has 7 heteroatoms. The molecule has 1 N–H and O–H groups in total. The summed E-state index contributed by atoms with van der Waals surface area (Å²) in [7, 11) is 0. The molecular formula is C22H14Cl2N2O3. The highest BCUT2D eigenvalue weighted by atomic mass is 35.5. The number of carbonyl (C=O) groups excluding carboxylic acids is 2. The van der Waals surface area contributed by atoms with Crippen molar-refractivity contribution in [2.45, 2.75) is 6.10 Å². The van der Waals surface area contributed by atoms with E-state index in [-0.39, 0.29) is 21.7 Å². The maximum Gasteiger partial charge on any atom is 0.359 e. The molecule has 1 unspecified atom stereocenters. The van der Waals surface area contributed by atoms with Gasteiger partial charge < -0.3 is 9.72 Å². The fourth-order valence-corrected chi connectivity index (χ4v) is 3.37. The van der Waals surface area contributed by atoms with Crippen molar-refractivity contribution in [1.29, 1.82) is 0 Å². The van der Waals surface area contributed by atoms with Crippen molar-refractivity contribution in [3.63, 3.8) is 0 Å². The number of esters is 1. The number of halogens is 2. The molecule has 5 nitrogen and oxygen atoms in total. The van der Waals surface area contributed by atoms with Crippen LogP contribution in [0.4, 0.5) is 0 Å². The number of fused-ring (bicyclic) bond motifs is 1. The van der Waals surface area contributed by atoms with Crippen LogP contribution in [-0.2, 0) is 4.74 Å². The predicted octanol–water partition coefficient (Wildman–Crippen LogP) is 5.65. The van der Waals surface area contributed by atoms with Gasteiger partial charge in [-0.25, -0.2) is 9.78 Å². The van der Waals surface area contributed by atoms with Gasteiger partial charge in [-0.2, -0.15) is 0 Å². The van der Waals surface area contributed by atoms with Crippen molar-refractivity contribution in [1.82, 2.24) is 9.97 Å². The molecule has 1 atom stereocenters. The zero-order valence-corrected chi connectivity index (χ0v) is 16.4. The minimum absolute atomic E-state index is 0.0887. The molecule has 0 amide bonds. The van der Waals surface area contributed by atoms with Gasteiger partial charge in [-0.3, -0.25) is 4.79 Å². The number of para-hydroxylation sites is 1. The lowest BCUT2D eigenvalue weighted by atomic mass is 9.99. The number of ketones is 1. The van der Waals surface area contributed by atoms with Gasteiger partial charge in [-0.15, -0.1) is 0 Å². The molecule has 4 aromatic rings. The zero-order chi connectivity index (χ0) is 20.4. The number of nitrogens with one attached hydrogen (secondary N) is 1. The number of H-pyrrole nitrogens is 1. The predicted molar refractivity (Wildman–Crippen MR) is 111 cm³/mol. The Bertz CT molecular complexity index is 1210. The van der Waals surface area contributed by atoms with Crippen LogP contribution in [0.3, 0.4) is 0 Å². The molecule has 144 valence electrons. The Morgan fingerprint density at radius 2 is 1.66 bits per heavy atom. The third-order valence-electron chi connectivity index (χ3n) is 4.43. The highest BCUT2D eigenvalue weighted by molar-refractivity contribution is 6.34. The third-order valence-corrected chi connectivity index (χ3v) is 4.94. The number of pyridine rings is 1. The van der Waals surface area contributed by atoms with E-state index in [0.717, 1.165) is 10.9 Å². The van der Waals surface area contributed by atoms with Crippen molar-refractivity contribution in [3.8, 4) is 0 Å². The Balaban J connectivity index is 1.73. The van der Waals surface area contributed by atoms with Gasteiger partial charge >= 0.3 is 5.97 Å². The number of carbonyl (C=O) groups is 2. The number of hydrogen-bond acceptors (Lipinski definition) is 4. The first kappa shape index (κ1) is 19.2. The summed E-state index contributed by atoms with van der Waals surface area (Å²) in [5, 5.41) is 0.930. The van der Waals surface area contributed by atoms with Gasteiger partial charge in [-0.05, 0) is 18.2 Å². The van der Waals surface area contributed by atoms with Crippen molar-refractivity contribution >= 4 is 45.9 Å². The molecule has 29 heavy (non-hydrogen) atoms. The van der Waals surface area contributed by atoms with Gasteiger partial charge in [0.15, 0.2) is 11.8 Å². The first-order valence-electron chi connectivity index (χ1n) is 8.73. The summed E-state index contributed by atoms with van der Waals surface area (Å²) >= 11 is 11.9. The third kappa shape index (κ3) is 3.88. The van der Waals surface area contributed by atoms with E-state index in [0.29, 0.717) is 11.1 Å². The summed E-state index contributed by atoms with van der Waals surface area (Å²) in [6.45, 7) is 0. The normalized spacial score (nSPS) is 11.9. The number of rotatable bonds is 5. The lowest BCUT2D eigenvalue weighted by molar-refractivity contribution is 0.0275. The number of Topliss-reactive ketones (excluding diaryl/α,β-unsaturated/α-hetero) is 1. The van der Waals surface area contributed by atoms with Gasteiger partial charge in [-0.1, -0.05) is 71.7 Å². The zero-order valence-electron chi connectivity index (χ0n) is 14.9. The molecule has 2 heterocycles. The second kappa shape index (κ2) is 8.07. The van der Waals surface area contributed by atoms with E-state index in [1.54, 1.807) is 30.5 Å². The summed E-state index contributed by atoms with van der Waals surface area (Å²) in [5.41, 5.74) is 1.63. The second-order valence-corrected chi connectivity index (χ2v) is 7.07. The number of nitrogens with zero attached hydrogens (tertiary/aromatic N) is 1. The molecule has 0 saturated carbocycles. The lowest BCUT2D eigenvalue weighted by Crippen LogP contribution is -2.21. The van der Waals surface area contributed by atoms with Crippen LogP contribution in [-0.4, -0.2) is 21.7 Å². The molecule has 0 aliphatic carbocycles. The van der Waals surface area contributed by atoms with Gasteiger partial charge in [0.1, 0.15) is 5.15 Å². The SMILES string of the molecule is O=C(OC(C(=O)c1c[nH]c2ccccc12)c1ccccc1)c1nc(Cl)ccc1Cl. The van der Waals surface area contributed by atoms with Gasteiger partial charge in [0.2, 0.25) is 5.78 Å². The van der Waals surface area contributed by atoms with Gasteiger partial charge in [0.05, 0.1) is 5.02 Å². The Hall–Kier alpha value is -3.15. The summed E-state index contributed by atoms with van der Waals surface area (Å²) in [6.07, 6.45) is 0.446.